The largest absolute Gasteiger partial charge is 0.333 e. The summed E-state index contributed by atoms with van der Waals surface area (Å²) in [6.45, 7) is 6.61. The molecule has 0 aliphatic carbocycles. The second kappa shape index (κ2) is 8.66. The second-order valence-corrected chi connectivity index (χ2v) is 7.94. The molecular formula is C23H28N4O2. The van der Waals surface area contributed by atoms with Gasteiger partial charge in [-0.15, -0.1) is 0 Å². The van der Waals surface area contributed by atoms with Crippen LogP contribution in [0.2, 0.25) is 0 Å². The zero-order chi connectivity index (χ0) is 20.2. The molecule has 29 heavy (non-hydrogen) atoms. The number of rotatable bonds is 4. The van der Waals surface area contributed by atoms with Crippen molar-refractivity contribution in [3.63, 3.8) is 0 Å². The van der Waals surface area contributed by atoms with Crippen LogP contribution >= 0.6 is 0 Å². The van der Waals surface area contributed by atoms with Crippen molar-refractivity contribution in [2.75, 3.05) is 37.6 Å². The number of piperazine rings is 1. The third-order valence-electron chi connectivity index (χ3n) is 5.71. The van der Waals surface area contributed by atoms with E-state index in [1.165, 1.54) is 5.56 Å². The van der Waals surface area contributed by atoms with Crippen molar-refractivity contribution in [3.05, 3.63) is 65.7 Å². The Morgan fingerprint density at radius 3 is 2.38 bits per heavy atom. The molecule has 0 radical (unpaired) electrons. The first kappa shape index (κ1) is 19.5. The first-order valence-corrected chi connectivity index (χ1v) is 10.3. The normalized spacial score (nSPS) is 20.2. The maximum atomic E-state index is 12.7. The second-order valence-electron chi connectivity index (χ2n) is 7.94. The Labute approximate surface area is 172 Å². The van der Waals surface area contributed by atoms with Crippen LogP contribution in [0.4, 0.5) is 10.5 Å². The van der Waals surface area contributed by atoms with Crippen molar-refractivity contribution < 1.29 is 9.59 Å². The van der Waals surface area contributed by atoms with E-state index in [4.69, 9.17) is 0 Å². The molecule has 0 saturated carbocycles. The minimum Gasteiger partial charge on any atom is -0.333 e. The third kappa shape index (κ3) is 4.77. The van der Waals surface area contributed by atoms with Gasteiger partial charge in [-0.2, -0.15) is 0 Å². The molecule has 2 aliphatic heterocycles. The zero-order valence-electron chi connectivity index (χ0n) is 16.9. The molecule has 0 bridgehead atoms. The molecule has 2 aromatic carbocycles. The Kier molecular flexibility index (Phi) is 5.81. The molecule has 3 amide bonds. The highest BCUT2D eigenvalue weighted by Crippen LogP contribution is 2.22. The van der Waals surface area contributed by atoms with Crippen LogP contribution < -0.4 is 10.2 Å². The molecule has 2 aliphatic rings. The number of aryl methyl sites for hydroxylation is 1. The highest BCUT2D eigenvalue weighted by Gasteiger charge is 2.33. The van der Waals surface area contributed by atoms with Gasteiger partial charge in [0.25, 0.3) is 0 Å². The highest BCUT2D eigenvalue weighted by atomic mass is 16.2. The Morgan fingerprint density at radius 1 is 1.00 bits per heavy atom. The minimum absolute atomic E-state index is 0.0619. The Balaban J connectivity index is 1.26. The molecule has 152 valence electrons. The predicted octanol–water partition coefficient (Wildman–Crippen LogP) is 2.63. The average Bonchev–Trinajstić information content (AvgIpc) is 3.10. The van der Waals surface area contributed by atoms with Crippen LogP contribution in [0.25, 0.3) is 0 Å². The predicted molar refractivity (Wildman–Crippen MR) is 114 cm³/mol. The summed E-state index contributed by atoms with van der Waals surface area (Å²) in [5.74, 6) is 0.0619. The van der Waals surface area contributed by atoms with E-state index in [9.17, 15) is 9.59 Å². The number of nitrogens with zero attached hydrogens (tertiary/aromatic N) is 3. The topological polar surface area (TPSA) is 55.9 Å². The maximum Gasteiger partial charge on any atom is 0.317 e. The average molecular weight is 393 g/mol. The van der Waals surface area contributed by atoms with Crippen molar-refractivity contribution in [1.82, 2.24) is 15.1 Å². The lowest BCUT2D eigenvalue weighted by atomic mass is 10.2. The van der Waals surface area contributed by atoms with Gasteiger partial charge in [0, 0.05) is 51.4 Å². The number of benzene rings is 2. The van der Waals surface area contributed by atoms with Crippen molar-refractivity contribution in [2.24, 2.45) is 0 Å². The first-order valence-electron chi connectivity index (χ1n) is 10.3. The summed E-state index contributed by atoms with van der Waals surface area (Å²) in [4.78, 5) is 31.1. The SMILES string of the molecule is Cc1ccc(N2C[C@@H](NC(=O)N3CCN(Cc4ccccc4)CC3)CC2=O)cc1. The fraction of sp³-hybridized carbons (Fsp3) is 0.391. The van der Waals surface area contributed by atoms with E-state index >= 15 is 0 Å². The summed E-state index contributed by atoms with van der Waals surface area (Å²) in [6.07, 6.45) is 0.355. The molecule has 6 heteroatoms. The number of anilines is 1. The van der Waals surface area contributed by atoms with Crippen LogP contribution in [0, 0.1) is 6.92 Å². The molecule has 2 heterocycles. The molecule has 2 aromatic rings. The van der Waals surface area contributed by atoms with Gasteiger partial charge in [0.15, 0.2) is 0 Å². The van der Waals surface area contributed by atoms with Gasteiger partial charge in [-0.1, -0.05) is 48.0 Å². The van der Waals surface area contributed by atoms with E-state index in [0.717, 1.165) is 30.9 Å². The van der Waals surface area contributed by atoms with Gasteiger partial charge < -0.3 is 15.1 Å². The van der Waals surface area contributed by atoms with Crippen molar-refractivity contribution in [3.8, 4) is 0 Å². The molecule has 0 aromatic heterocycles. The standard InChI is InChI=1S/C23H28N4O2/c1-18-7-9-21(10-8-18)27-17-20(15-22(27)28)24-23(29)26-13-11-25(12-14-26)16-19-5-3-2-4-6-19/h2-10,20H,11-17H2,1H3,(H,24,29)/t20-/m0/s1. The highest BCUT2D eigenvalue weighted by molar-refractivity contribution is 5.96. The number of carbonyl (C=O) groups excluding carboxylic acids is 2. The number of hydrogen-bond acceptors (Lipinski definition) is 3. The number of nitrogens with one attached hydrogen (secondary N) is 1. The van der Waals surface area contributed by atoms with Crippen LogP contribution in [0.5, 0.6) is 0 Å². The molecule has 1 atom stereocenters. The van der Waals surface area contributed by atoms with Crippen molar-refractivity contribution in [1.29, 1.82) is 0 Å². The fourth-order valence-corrected chi connectivity index (χ4v) is 4.00. The number of urea groups is 1. The Morgan fingerprint density at radius 2 is 1.69 bits per heavy atom. The van der Waals surface area contributed by atoms with Gasteiger partial charge >= 0.3 is 6.03 Å². The monoisotopic (exact) mass is 392 g/mol. The molecular weight excluding hydrogens is 364 g/mol. The third-order valence-corrected chi connectivity index (χ3v) is 5.71. The lowest BCUT2D eigenvalue weighted by molar-refractivity contribution is -0.117. The molecule has 6 nitrogen and oxygen atoms in total. The summed E-state index contributed by atoms with van der Waals surface area (Å²) in [6, 6.07) is 18.1. The lowest BCUT2D eigenvalue weighted by Crippen LogP contribution is -2.53. The van der Waals surface area contributed by atoms with Crippen LogP contribution in [-0.4, -0.2) is 60.5 Å². The van der Waals surface area contributed by atoms with E-state index in [-0.39, 0.29) is 18.0 Å². The van der Waals surface area contributed by atoms with Crippen LogP contribution in [0.15, 0.2) is 54.6 Å². The number of hydrogen-bond donors (Lipinski definition) is 1. The zero-order valence-corrected chi connectivity index (χ0v) is 16.9. The summed E-state index contributed by atoms with van der Waals surface area (Å²) in [5.41, 5.74) is 3.36. The summed E-state index contributed by atoms with van der Waals surface area (Å²) < 4.78 is 0. The van der Waals surface area contributed by atoms with Crippen LogP contribution in [0.1, 0.15) is 17.5 Å². The van der Waals surface area contributed by atoms with Crippen LogP contribution in [0.3, 0.4) is 0 Å². The van der Waals surface area contributed by atoms with E-state index < -0.39 is 0 Å². The molecule has 0 unspecified atom stereocenters. The molecule has 2 fully saturated rings. The van der Waals surface area contributed by atoms with Crippen molar-refractivity contribution >= 4 is 17.6 Å². The van der Waals surface area contributed by atoms with Crippen molar-refractivity contribution in [2.45, 2.75) is 25.9 Å². The van der Waals surface area contributed by atoms with Crippen LogP contribution in [-0.2, 0) is 11.3 Å². The number of amides is 3. The maximum absolute atomic E-state index is 12.7. The Hall–Kier alpha value is -2.86. The van der Waals surface area contributed by atoms with E-state index in [2.05, 4.69) is 34.5 Å². The van der Waals surface area contributed by atoms with Gasteiger partial charge in [-0.3, -0.25) is 9.69 Å². The number of carbonyl (C=O) groups is 2. The Bertz CT molecular complexity index is 845. The quantitative estimate of drug-likeness (QED) is 0.870. The van der Waals surface area contributed by atoms with E-state index in [1.54, 1.807) is 4.90 Å². The lowest BCUT2D eigenvalue weighted by Gasteiger charge is -2.35. The van der Waals surface area contributed by atoms with Gasteiger partial charge in [0.2, 0.25) is 5.91 Å². The van der Waals surface area contributed by atoms with Gasteiger partial charge in [-0.25, -0.2) is 4.79 Å². The van der Waals surface area contributed by atoms with Gasteiger partial charge in [-0.05, 0) is 24.6 Å². The molecule has 4 rings (SSSR count). The summed E-state index contributed by atoms with van der Waals surface area (Å²) in [7, 11) is 0. The first-order chi connectivity index (χ1) is 14.1. The fourth-order valence-electron chi connectivity index (χ4n) is 4.00. The van der Waals surface area contributed by atoms with E-state index in [1.807, 2.05) is 42.2 Å². The van der Waals surface area contributed by atoms with Gasteiger partial charge in [0.1, 0.15) is 0 Å². The minimum atomic E-state index is -0.140. The smallest absolute Gasteiger partial charge is 0.317 e. The van der Waals surface area contributed by atoms with Gasteiger partial charge in [0.05, 0.1) is 6.04 Å². The van der Waals surface area contributed by atoms with E-state index in [0.29, 0.717) is 26.1 Å². The molecule has 1 N–H and O–H groups in total. The summed E-state index contributed by atoms with van der Waals surface area (Å²) in [5, 5.41) is 3.06. The molecule has 2 saturated heterocycles. The summed E-state index contributed by atoms with van der Waals surface area (Å²) >= 11 is 0. The molecule has 0 spiro atoms.